The lowest BCUT2D eigenvalue weighted by molar-refractivity contribution is -0.136. The first-order chi connectivity index (χ1) is 12.0. The molecule has 2 fully saturated rings. The summed E-state index contributed by atoms with van der Waals surface area (Å²) in [5.41, 5.74) is 2.65. The first kappa shape index (κ1) is 17.8. The van der Waals surface area contributed by atoms with Crippen LogP contribution in [0.2, 0.25) is 0 Å². The number of carbonyl (C=O) groups excluding carboxylic acids is 2. The maximum absolute atomic E-state index is 13.0. The number of ether oxygens (including phenoxy) is 1. The summed E-state index contributed by atoms with van der Waals surface area (Å²) in [4.78, 5) is 29.3. The second-order valence-electron chi connectivity index (χ2n) is 7.26. The Hall–Kier alpha value is -2.04. The predicted molar refractivity (Wildman–Crippen MR) is 96.9 cm³/mol. The number of piperazine rings is 1. The van der Waals surface area contributed by atoms with Gasteiger partial charge in [0.1, 0.15) is 5.75 Å². The van der Waals surface area contributed by atoms with E-state index in [0.29, 0.717) is 37.5 Å². The Morgan fingerprint density at radius 1 is 1.00 bits per heavy atom. The van der Waals surface area contributed by atoms with Crippen LogP contribution in [0.25, 0.3) is 0 Å². The van der Waals surface area contributed by atoms with Gasteiger partial charge in [-0.1, -0.05) is 18.9 Å². The molecule has 0 N–H and O–H groups in total. The van der Waals surface area contributed by atoms with Gasteiger partial charge in [-0.05, 0) is 43.9 Å². The molecule has 0 atom stereocenters. The summed E-state index contributed by atoms with van der Waals surface area (Å²) in [6, 6.07) is 3.91. The molecule has 1 aliphatic carbocycles. The van der Waals surface area contributed by atoms with Crippen LogP contribution < -0.4 is 4.74 Å². The molecule has 136 valence electrons. The van der Waals surface area contributed by atoms with Gasteiger partial charge in [-0.2, -0.15) is 0 Å². The third-order valence-corrected chi connectivity index (χ3v) is 5.44. The summed E-state index contributed by atoms with van der Waals surface area (Å²) in [6.45, 7) is 6.39. The average molecular weight is 344 g/mol. The fourth-order valence-corrected chi connectivity index (χ4v) is 4.12. The molecule has 0 aromatic heterocycles. The molecule has 2 aliphatic rings. The normalized spacial score (nSPS) is 18.5. The molecule has 1 saturated carbocycles. The smallest absolute Gasteiger partial charge is 0.257 e. The van der Waals surface area contributed by atoms with E-state index >= 15 is 0 Å². The molecule has 0 radical (unpaired) electrons. The minimum absolute atomic E-state index is 0.00313. The third-order valence-electron chi connectivity index (χ3n) is 5.44. The van der Waals surface area contributed by atoms with Crippen molar-refractivity contribution in [3.05, 3.63) is 28.8 Å². The van der Waals surface area contributed by atoms with E-state index in [-0.39, 0.29) is 17.7 Å². The molecule has 1 aromatic rings. The minimum atomic E-state index is -0.00313. The summed E-state index contributed by atoms with van der Waals surface area (Å²) in [7, 11) is 1.60. The standard InChI is InChI=1S/C20H28N2O3/c1-14-12-15(2)18(25-3)17(13-14)20(24)22-10-8-21(9-11-22)19(23)16-6-4-5-7-16/h12-13,16H,4-11H2,1-3H3. The first-order valence-electron chi connectivity index (χ1n) is 9.24. The number of carbonyl (C=O) groups is 2. The molecule has 1 aliphatic heterocycles. The van der Waals surface area contributed by atoms with E-state index in [9.17, 15) is 9.59 Å². The molecule has 2 amide bonds. The largest absolute Gasteiger partial charge is 0.496 e. The summed E-state index contributed by atoms with van der Waals surface area (Å²) in [5.74, 6) is 1.15. The first-order valence-corrected chi connectivity index (χ1v) is 9.24. The molecule has 3 rings (SSSR count). The molecule has 1 saturated heterocycles. The molecule has 0 bridgehead atoms. The average Bonchev–Trinajstić information content (AvgIpc) is 3.14. The van der Waals surface area contributed by atoms with E-state index in [1.807, 2.05) is 35.8 Å². The fraction of sp³-hybridized carbons (Fsp3) is 0.600. The summed E-state index contributed by atoms with van der Waals surface area (Å²) >= 11 is 0. The lowest BCUT2D eigenvalue weighted by Crippen LogP contribution is -2.51. The molecule has 0 unspecified atom stereocenters. The molecular formula is C20H28N2O3. The molecule has 1 heterocycles. The Morgan fingerprint density at radius 2 is 1.60 bits per heavy atom. The van der Waals surface area contributed by atoms with Crippen LogP contribution in [0, 0.1) is 19.8 Å². The number of aryl methyl sites for hydroxylation is 2. The second kappa shape index (κ2) is 7.46. The van der Waals surface area contributed by atoms with Crippen LogP contribution in [-0.2, 0) is 4.79 Å². The van der Waals surface area contributed by atoms with Crippen LogP contribution in [0.4, 0.5) is 0 Å². The highest BCUT2D eigenvalue weighted by Crippen LogP contribution is 2.28. The Balaban J connectivity index is 1.67. The zero-order valence-corrected chi connectivity index (χ0v) is 15.5. The highest BCUT2D eigenvalue weighted by Gasteiger charge is 2.31. The van der Waals surface area contributed by atoms with Gasteiger partial charge in [0.15, 0.2) is 0 Å². The van der Waals surface area contributed by atoms with Crippen LogP contribution in [0.15, 0.2) is 12.1 Å². The van der Waals surface area contributed by atoms with E-state index < -0.39 is 0 Å². The molecule has 1 aromatic carbocycles. The van der Waals surface area contributed by atoms with Crippen molar-refractivity contribution in [3.63, 3.8) is 0 Å². The van der Waals surface area contributed by atoms with Crippen molar-refractivity contribution < 1.29 is 14.3 Å². The van der Waals surface area contributed by atoms with E-state index in [0.717, 1.165) is 24.0 Å². The number of rotatable bonds is 3. The van der Waals surface area contributed by atoms with Gasteiger partial charge in [-0.15, -0.1) is 0 Å². The summed E-state index contributed by atoms with van der Waals surface area (Å²) in [5, 5.41) is 0. The van der Waals surface area contributed by atoms with Crippen LogP contribution in [0.5, 0.6) is 5.75 Å². The van der Waals surface area contributed by atoms with Crippen LogP contribution >= 0.6 is 0 Å². The predicted octanol–water partition coefficient (Wildman–Crippen LogP) is 2.79. The lowest BCUT2D eigenvalue weighted by atomic mass is 10.0. The SMILES string of the molecule is COc1c(C)cc(C)cc1C(=O)N1CCN(C(=O)C2CCCC2)CC1. The third kappa shape index (κ3) is 3.65. The Bertz CT molecular complexity index is 657. The van der Waals surface area contributed by atoms with Crippen LogP contribution in [0.1, 0.15) is 47.2 Å². The molecule has 5 nitrogen and oxygen atoms in total. The van der Waals surface area contributed by atoms with E-state index in [1.165, 1.54) is 12.8 Å². The number of benzene rings is 1. The summed E-state index contributed by atoms with van der Waals surface area (Å²) in [6.07, 6.45) is 4.39. The highest BCUT2D eigenvalue weighted by molar-refractivity contribution is 5.97. The summed E-state index contributed by atoms with van der Waals surface area (Å²) < 4.78 is 5.46. The number of amides is 2. The van der Waals surface area contributed by atoms with Crippen molar-refractivity contribution in [2.75, 3.05) is 33.3 Å². The van der Waals surface area contributed by atoms with Crippen molar-refractivity contribution in [2.24, 2.45) is 5.92 Å². The Labute approximate surface area is 149 Å². The van der Waals surface area contributed by atoms with Crippen molar-refractivity contribution in [3.8, 4) is 5.75 Å². The lowest BCUT2D eigenvalue weighted by Gasteiger charge is -2.36. The van der Waals surface area contributed by atoms with Gasteiger partial charge in [-0.25, -0.2) is 0 Å². The van der Waals surface area contributed by atoms with Gasteiger partial charge in [0.2, 0.25) is 5.91 Å². The minimum Gasteiger partial charge on any atom is -0.496 e. The van der Waals surface area contributed by atoms with Crippen molar-refractivity contribution >= 4 is 11.8 Å². The zero-order chi connectivity index (χ0) is 18.0. The quantitative estimate of drug-likeness (QED) is 0.847. The van der Waals surface area contributed by atoms with Crippen molar-refractivity contribution in [2.45, 2.75) is 39.5 Å². The Morgan fingerprint density at radius 3 is 2.20 bits per heavy atom. The van der Waals surface area contributed by atoms with Crippen molar-refractivity contribution in [1.82, 2.24) is 9.80 Å². The zero-order valence-electron chi connectivity index (χ0n) is 15.5. The van der Waals surface area contributed by atoms with Gasteiger partial charge in [-0.3, -0.25) is 9.59 Å². The van der Waals surface area contributed by atoms with Gasteiger partial charge >= 0.3 is 0 Å². The van der Waals surface area contributed by atoms with Gasteiger partial charge in [0.25, 0.3) is 5.91 Å². The highest BCUT2D eigenvalue weighted by atomic mass is 16.5. The van der Waals surface area contributed by atoms with Crippen LogP contribution in [0.3, 0.4) is 0 Å². The van der Waals surface area contributed by atoms with Gasteiger partial charge in [0.05, 0.1) is 12.7 Å². The number of hydrogen-bond acceptors (Lipinski definition) is 3. The van der Waals surface area contributed by atoms with Gasteiger partial charge in [0, 0.05) is 32.1 Å². The molecular weight excluding hydrogens is 316 g/mol. The monoisotopic (exact) mass is 344 g/mol. The Kier molecular flexibility index (Phi) is 5.30. The maximum atomic E-state index is 13.0. The second-order valence-corrected chi connectivity index (χ2v) is 7.26. The molecule has 0 spiro atoms. The number of methoxy groups -OCH3 is 1. The topological polar surface area (TPSA) is 49.9 Å². The van der Waals surface area contributed by atoms with Crippen molar-refractivity contribution in [1.29, 1.82) is 0 Å². The maximum Gasteiger partial charge on any atom is 0.257 e. The number of nitrogens with zero attached hydrogens (tertiary/aromatic N) is 2. The van der Waals surface area contributed by atoms with E-state index in [1.54, 1.807) is 7.11 Å². The van der Waals surface area contributed by atoms with Crippen LogP contribution in [-0.4, -0.2) is 54.9 Å². The number of hydrogen-bond donors (Lipinski definition) is 0. The molecule has 5 heteroatoms. The molecule has 25 heavy (non-hydrogen) atoms. The van der Waals surface area contributed by atoms with E-state index in [4.69, 9.17) is 4.74 Å². The fourth-order valence-electron chi connectivity index (χ4n) is 4.12. The van der Waals surface area contributed by atoms with Gasteiger partial charge < -0.3 is 14.5 Å². The van der Waals surface area contributed by atoms with E-state index in [2.05, 4.69) is 0 Å².